The van der Waals surface area contributed by atoms with E-state index >= 15 is 0 Å². The van der Waals surface area contributed by atoms with Crippen molar-refractivity contribution in [2.45, 2.75) is 0 Å². The fourth-order valence-corrected chi connectivity index (χ4v) is 2.40. The molecule has 0 radical (unpaired) electrons. The van der Waals surface area contributed by atoms with Crippen LogP contribution in [-0.2, 0) is 4.79 Å². The summed E-state index contributed by atoms with van der Waals surface area (Å²) in [5.41, 5.74) is 0.552. The number of nitrogens with zero attached hydrogens (tertiary/aromatic N) is 1. The van der Waals surface area contributed by atoms with E-state index in [9.17, 15) is 14.4 Å². The van der Waals surface area contributed by atoms with Crippen molar-refractivity contribution in [1.82, 2.24) is 15.5 Å². The lowest BCUT2D eigenvalue weighted by Gasteiger charge is -2.12. The van der Waals surface area contributed by atoms with Crippen LogP contribution in [0, 0.1) is 0 Å². The highest BCUT2D eigenvalue weighted by Crippen LogP contribution is 2.15. The maximum absolute atomic E-state index is 12.1. The van der Waals surface area contributed by atoms with E-state index < -0.39 is 6.03 Å². The number of urea groups is 1. The molecule has 0 saturated carbocycles. The summed E-state index contributed by atoms with van der Waals surface area (Å²) in [5, 5.41) is 7.21. The Labute approximate surface area is 127 Å². The molecular formula is C16H15N3O3. The van der Waals surface area contributed by atoms with Crippen LogP contribution in [-0.4, -0.2) is 42.4 Å². The Morgan fingerprint density at radius 2 is 1.91 bits per heavy atom. The van der Waals surface area contributed by atoms with Gasteiger partial charge in [0.15, 0.2) is 0 Å². The van der Waals surface area contributed by atoms with Crippen molar-refractivity contribution >= 4 is 28.6 Å². The van der Waals surface area contributed by atoms with E-state index in [0.717, 1.165) is 15.7 Å². The van der Waals surface area contributed by atoms with Gasteiger partial charge in [0, 0.05) is 18.7 Å². The zero-order valence-electron chi connectivity index (χ0n) is 11.8. The molecular weight excluding hydrogens is 282 g/mol. The molecule has 112 valence electrons. The van der Waals surface area contributed by atoms with Crippen molar-refractivity contribution in [3.05, 3.63) is 48.0 Å². The molecule has 22 heavy (non-hydrogen) atoms. The summed E-state index contributed by atoms with van der Waals surface area (Å²) >= 11 is 0. The molecule has 1 saturated heterocycles. The smallest absolute Gasteiger partial charge is 0.324 e. The summed E-state index contributed by atoms with van der Waals surface area (Å²) in [7, 11) is 0. The van der Waals surface area contributed by atoms with Crippen LogP contribution in [0.2, 0.25) is 0 Å². The minimum atomic E-state index is -0.412. The fourth-order valence-electron chi connectivity index (χ4n) is 2.40. The largest absolute Gasteiger partial charge is 0.350 e. The highest BCUT2D eigenvalue weighted by Gasteiger charge is 2.27. The molecule has 4 amide bonds. The molecule has 3 rings (SSSR count). The first kappa shape index (κ1) is 14.1. The molecule has 0 unspecified atom stereocenters. The van der Waals surface area contributed by atoms with E-state index in [1.807, 2.05) is 36.4 Å². The lowest BCUT2D eigenvalue weighted by atomic mass is 10.1. The van der Waals surface area contributed by atoms with Crippen molar-refractivity contribution in [1.29, 1.82) is 0 Å². The predicted octanol–water partition coefficient (Wildman–Crippen LogP) is 1.12. The second-order valence-electron chi connectivity index (χ2n) is 5.02. The SMILES string of the molecule is O=C(NCCN1C(=O)CNC1=O)c1ccc2ccccc2c1. The molecule has 6 nitrogen and oxygen atoms in total. The number of imide groups is 1. The zero-order chi connectivity index (χ0) is 15.5. The van der Waals surface area contributed by atoms with Gasteiger partial charge in [0.25, 0.3) is 5.91 Å². The van der Waals surface area contributed by atoms with Crippen LogP contribution in [0.1, 0.15) is 10.4 Å². The van der Waals surface area contributed by atoms with Gasteiger partial charge in [-0.3, -0.25) is 14.5 Å². The lowest BCUT2D eigenvalue weighted by Crippen LogP contribution is -2.38. The summed E-state index contributed by atoms with van der Waals surface area (Å²) in [6.07, 6.45) is 0. The van der Waals surface area contributed by atoms with Gasteiger partial charge in [-0.1, -0.05) is 30.3 Å². The first-order valence-corrected chi connectivity index (χ1v) is 7.00. The Morgan fingerprint density at radius 1 is 1.14 bits per heavy atom. The highest BCUT2D eigenvalue weighted by molar-refractivity contribution is 6.02. The van der Waals surface area contributed by atoms with E-state index in [1.165, 1.54) is 0 Å². The number of nitrogens with one attached hydrogen (secondary N) is 2. The molecule has 0 bridgehead atoms. The van der Waals surface area contributed by atoms with Crippen molar-refractivity contribution < 1.29 is 14.4 Å². The van der Waals surface area contributed by atoms with E-state index in [2.05, 4.69) is 10.6 Å². The number of carbonyl (C=O) groups excluding carboxylic acids is 3. The maximum atomic E-state index is 12.1. The van der Waals surface area contributed by atoms with Crippen molar-refractivity contribution in [3.8, 4) is 0 Å². The van der Waals surface area contributed by atoms with Crippen LogP contribution in [0.5, 0.6) is 0 Å². The molecule has 0 aromatic heterocycles. The van der Waals surface area contributed by atoms with Gasteiger partial charge in [0.1, 0.15) is 0 Å². The standard InChI is InChI=1S/C16H15N3O3/c20-14-10-18-16(22)19(14)8-7-17-15(21)13-6-5-11-3-1-2-4-12(11)9-13/h1-6,9H,7-8,10H2,(H,17,21)(H,18,22). The Bertz CT molecular complexity index is 741. The summed E-state index contributed by atoms with van der Waals surface area (Å²) in [6, 6.07) is 12.8. The maximum Gasteiger partial charge on any atom is 0.324 e. The monoisotopic (exact) mass is 297 g/mol. The van der Waals surface area contributed by atoms with Gasteiger partial charge < -0.3 is 10.6 Å². The van der Waals surface area contributed by atoms with Gasteiger partial charge in [0.2, 0.25) is 5.91 Å². The van der Waals surface area contributed by atoms with Crippen LogP contribution in [0.4, 0.5) is 4.79 Å². The molecule has 1 aliphatic rings. The molecule has 1 heterocycles. The Morgan fingerprint density at radius 3 is 2.64 bits per heavy atom. The van der Waals surface area contributed by atoms with Crippen molar-refractivity contribution in [2.24, 2.45) is 0 Å². The van der Waals surface area contributed by atoms with Gasteiger partial charge in [-0.25, -0.2) is 4.79 Å². The molecule has 2 aromatic carbocycles. The van der Waals surface area contributed by atoms with Gasteiger partial charge >= 0.3 is 6.03 Å². The van der Waals surface area contributed by atoms with Crippen LogP contribution in [0.3, 0.4) is 0 Å². The van der Waals surface area contributed by atoms with E-state index in [1.54, 1.807) is 6.07 Å². The Balaban J connectivity index is 1.61. The molecule has 6 heteroatoms. The molecule has 1 aliphatic heterocycles. The third-order valence-electron chi connectivity index (χ3n) is 3.57. The second kappa shape index (κ2) is 5.85. The first-order valence-electron chi connectivity index (χ1n) is 7.00. The molecule has 0 atom stereocenters. The highest BCUT2D eigenvalue weighted by atomic mass is 16.2. The first-order chi connectivity index (χ1) is 10.6. The summed E-state index contributed by atoms with van der Waals surface area (Å²) in [4.78, 5) is 36.0. The van der Waals surface area contributed by atoms with Crippen LogP contribution in [0.15, 0.2) is 42.5 Å². The average molecular weight is 297 g/mol. The third kappa shape index (κ3) is 2.76. The average Bonchev–Trinajstić information content (AvgIpc) is 2.86. The minimum absolute atomic E-state index is 0.0253. The molecule has 1 fully saturated rings. The molecule has 0 spiro atoms. The topological polar surface area (TPSA) is 78.5 Å². The zero-order valence-corrected chi connectivity index (χ0v) is 11.8. The minimum Gasteiger partial charge on any atom is -0.350 e. The number of fused-ring (bicyclic) bond motifs is 1. The van der Waals surface area contributed by atoms with E-state index in [0.29, 0.717) is 5.56 Å². The van der Waals surface area contributed by atoms with E-state index in [4.69, 9.17) is 0 Å². The second-order valence-corrected chi connectivity index (χ2v) is 5.02. The normalized spacial score (nSPS) is 14.3. The number of amides is 4. The van der Waals surface area contributed by atoms with Crippen LogP contribution < -0.4 is 10.6 Å². The van der Waals surface area contributed by atoms with E-state index in [-0.39, 0.29) is 31.4 Å². The molecule has 0 aliphatic carbocycles. The third-order valence-corrected chi connectivity index (χ3v) is 3.57. The number of benzene rings is 2. The summed E-state index contributed by atoms with van der Waals surface area (Å²) < 4.78 is 0. The quantitative estimate of drug-likeness (QED) is 0.830. The lowest BCUT2D eigenvalue weighted by molar-refractivity contribution is -0.124. The van der Waals surface area contributed by atoms with Gasteiger partial charge in [-0.05, 0) is 22.9 Å². The van der Waals surface area contributed by atoms with Gasteiger partial charge in [-0.2, -0.15) is 0 Å². The van der Waals surface area contributed by atoms with Crippen molar-refractivity contribution in [2.75, 3.05) is 19.6 Å². The number of hydrogen-bond acceptors (Lipinski definition) is 3. The van der Waals surface area contributed by atoms with Crippen LogP contribution in [0.25, 0.3) is 10.8 Å². The van der Waals surface area contributed by atoms with Gasteiger partial charge in [0.05, 0.1) is 6.54 Å². The number of rotatable bonds is 4. The molecule has 2 aromatic rings. The van der Waals surface area contributed by atoms with Crippen LogP contribution >= 0.6 is 0 Å². The fraction of sp³-hybridized carbons (Fsp3) is 0.188. The van der Waals surface area contributed by atoms with Crippen molar-refractivity contribution in [3.63, 3.8) is 0 Å². The predicted molar refractivity (Wildman–Crippen MR) is 81.4 cm³/mol. The summed E-state index contributed by atoms with van der Waals surface area (Å²) in [6.45, 7) is 0.423. The Hall–Kier alpha value is -2.89. The number of carbonyl (C=O) groups is 3. The van der Waals surface area contributed by atoms with Gasteiger partial charge in [-0.15, -0.1) is 0 Å². The summed E-state index contributed by atoms with van der Waals surface area (Å²) in [5.74, 6) is -0.497. The number of hydrogen-bond donors (Lipinski definition) is 2. The Kier molecular flexibility index (Phi) is 3.74. The molecule has 2 N–H and O–H groups in total.